The van der Waals surface area contributed by atoms with Gasteiger partial charge in [-0.15, -0.1) is 0 Å². The fraction of sp³-hybridized carbons (Fsp3) is 0.429. The number of halogens is 1. The molecule has 0 unspecified atom stereocenters. The van der Waals surface area contributed by atoms with Crippen LogP contribution in [0.5, 0.6) is 0 Å². The molecular formula is C14H22BrN. The fourth-order valence-electron chi connectivity index (χ4n) is 2.01. The largest absolute Gasteiger partial charge is 1.00 e. The smallest absolute Gasteiger partial charge is 0.105 e. The number of likely N-dealkylation sites (N-methyl/N-ethyl adjacent to an activating group) is 1. The van der Waals surface area contributed by atoms with Crippen LogP contribution in [-0.2, 0) is 6.54 Å². The van der Waals surface area contributed by atoms with Crippen LogP contribution >= 0.6 is 0 Å². The van der Waals surface area contributed by atoms with E-state index in [-0.39, 0.29) is 17.0 Å². The Balaban J connectivity index is 0.00000225. The summed E-state index contributed by atoms with van der Waals surface area (Å²) in [7, 11) is 0. The Hall–Kier alpha value is -0.600. The maximum atomic E-state index is 3.87. The molecule has 0 amide bonds. The molecule has 0 N–H and O–H groups in total. The van der Waals surface area contributed by atoms with Crippen molar-refractivity contribution in [3.63, 3.8) is 0 Å². The van der Waals surface area contributed by atoms with Crippen LogP contribution < -0.4 is 17.0 Å². The van der Waals surface area contributed by atoms with Gasteiger partial charge in [0.1, 0.15) is 6.54 Å². The van der Waals surface area contributed by atoms with Crippen LogP contribution in [0.3, 0.4) is 0 Å². The molecule has 0 fully saturated rings. The van der Waals surface area contributed by atoms with Crippen LogP contribution in [0.25, 0.3) is 0 Å². The normalized spacial score (nSPS) is 10.6. The highest BCUT2D eigenvalue weighted by molar-refractivity contribution is 5.13. The third kappa shape index (κ3) is 4.11. The van der Waals surface area contributed by atoms with E-state index in [1.165, 1.54) is 5.56 Å². The molecule has 1 rings (SSSR count). The average Bonchev–Trinajstić information content (AvgIpc) is 2.30. The first-order valence-corrected chi connectivity index (χ1v) is 5.76. The zero-order valence-electron chi connectivity index (χ0n) is 10.3. The van der Waals surface area contributed by atoms with Gasteiger partial charge in [0.15, 0.2) is 0 Å². The van der Waals surface area contributed by atoms with Crippen LogP contribution in [-0.4, -0.2) is 24.1 Å². The number of benzene rings is 1. The van der Waals surface area contributed by atoms with E-state index < -0.39 is 0 Å². The van der Waals surface area contributed by atoms with Gasteiger partial charge in [0.25, 0.3) is 0 Å². The van der Waals surface area contributed by atoms with Gasteiger partial charge in [0.2, 0.25) is 0 Å². The Morgan fingerprint density at radius 3 is 2.12 bits per heavy atom. The van der Waals surface area contributed by atoms with Crippen molar-refractivity contribution < 1.29 is 21.5 Å². The van der Waals surface area contributed by atoms with Crippen molar-refractivity contribution >= 4 is 0 Å². The van der Waals surface area contributed by atoms with Crippen molar-refractivity contribution in [3.05, 3.63) is 48.6 Å². The Labute approximate surface area is 110 Å². The second kappa shape index (κ2) is 7.64. The van der Waals surface area contributed by atoms with Crippen LogP contribution in [0.4, 0.5) is 0 Å². The number of nitrogens with zero attached hydrogens (tertiary/aromatic N) is 1. The first-order chi connectivity index (χ1) is 7.26. The SMILES string of the molecule is C=CC[N+](CC)(CC)Cc1ccccc1.[Br-]. The second-order valence-electron chi connectivity index (χ2n) is 4.09. The molecule has 1 nitrogen and oxygen atoms in total. The molecule has 1 aromatic carbocycles. The third-order valence-electron chi connectivity index (χ3n) is 3.22. The molecule has 0 saturated heterocycles. The molecule has 0 aliphatic carbocycles. The van der Waals surface area contributed by atoms with Crippen LogP contribution in [0.15, 0.2) is 43.0 Å². The molecule has 90 valence electrons. The molecule has 1 aromatic rings. The standard InChI is InChI=1S/C14H22N.BrH/c1-4-12-15(5-2,6-3)13-14-10-8-7-9-11-14;/h4,7-11H,1,5-6,12-13H2,2-3H3;1H/q+1;/p-1. The summed E-state index contributed by atoms with van der Waals surface area (Å²) in [5.41, 5.74) is 1.42. The minimum atomic E-state index is 0. The molecular weight excluding hydrogens is 262 g/mol. The molecule has 16 heavy (non-hydrogen) atoms. The summed E-state index contributed by atoms with van der Waals surface area (Å²) in [6, 6.07) is 10.7. The van der Waals surface area contributed by atoms with Gasteiger partial charge in [-0.05, 0) is 19.9 Å². The lowest BCUT2D eigenvalue weighted by atomic mass is 10.1. The lowest BCUT2D eigenvalue weighted by Crippen LogP contribution is -3.00. The predicted molar refractivity (Wildman–Crippen MR) is 66.6 cm³/mol. The van der Waals surface area contributed by atoms with E-state index >= 15 is 0 Å². The molecule has 0 aliphatic heterocycles. The summed E-state index contributed by atoms with van der Waals surface area (Å²) in [4.78, 5) is 0. The van der Waals surface area contributed by atoms with Gasteiger partial charge in [-0.1, -0.05) is 36.9 Å². The average molecular weight is 284 g/mol. The molecule has 2 heteroatoms. The number of rotatable bonds is 6. The fourth-order valence-corrected chi connectivity index (χ4v) is 2.01. The molecule has 0 heterocycles. The number of hydrogen-bond donors (Lipinski definition) is 0. The van der Waals surface area contributed by atoms with Gasteiger partial charge in [-0.3, -0.25) is 0 Å². The Morgan fingerprint density at radius 1 is 1.12 bits per heavy atom. The molecule has 0 spiro atoms. The van der Waals surface area contributed by atoms with E-state index in [0.29, 0.717) is 0 Å². The lowest BCUT2D eigenvalue weighted by molar-refractivity contribution is -0.932. The van der Waals surface area contributed by atoms with E-state index in [9.17, 15) is 0 Å². The van der Waals surface area contributed by atoms with Crippen molar-refractivity contribution in [1.29, 1.82) is 0 Å². The minimum Gasteiger partial charge on any atom is -1.00 e. The first kappa shape index (κ1) is 15.4. The van der Waals surface area contributed by atoms with Crippen molar-refractivity contribution in [3.8, 4) is 0 Å². The highest BCUT2D eigenvalue weighted by Crippen LogP contribution is 2.14. The van der Waals surface area contributed by atoms with E-state index in [1.54, 1.807) is 0 Å². The maximum Gasteiger partial charge on any atom is 0.105 e. The van der Waals surface area contributed by atoms with Crippen molar-refractivity contribution in [2.45, 2.75) is 20.4 Å². The molecule has 0 bridgehead atoms. The molecule has 0 radical (unpaired) electrons. The van der Waals surface area contributed by atoms with E-state index in [4.69, 9.17) is 0 Å². The topological polar surface area (TPSA) is 0 Å². The number of quaternary nitrogens is 1. The predicted octanol–water partition coefficient (Wildman–Crippen LogP) is 0.233. The Bertz CT molecular complexity index is 291. The van der Waals surface area contributed by atoms with Crippen molar-refractivity contribution in [2.75, 3.05) is 19.6 Å². The van der Waals surface area contributed by atoms with E-state index in [1.807, 2.05) is 6.08 Å². The zero-order chi connectivity index (χ0) is 11.1. The number of hydrogen-bond acceptors (Lipinski definition) is 0. The molecule has 0 saturated carbocycles. The van der Waals surface area contributed by atoms with Crippen LogP contribution in [0, 0.1) is 0 Å². The summed E-state index contributed by atoms with van der Waals surface area (Å²) in [5, 5.41) is 0. The van der Waals surface area contributed by atoms with Gasteiger partial charge < -0.3 is 21.5 Å². The van der Waals surface area contributed by atoms with Gasteiger partial charge in [0, 0.05) is 5.56 Å². The highest BCUT2D eigenvalue weighted by Gasteiger charge is 2.21. The summed E-state index contributed by atoms with van der Waals surface area (Å²) < 4.78 is 1.10. The zero-order valence-corrected chi connectivity index (χ0v) is 11.9. The maximum absolute atomic E-state index is 3.87. The van der Waals surface area contributed by atoms with Crippen molar-refractivity contribution in [1.82, 2.24) is 0 Å². The minimum absolute atomic E-state index is 0. The van der Waals surface area contributed by atoms with Crippen LogP contribution in [0.2, 0.25) is 0 Å². The summed E-state index contributed by atoms with van der Waals surface area (Å²) in [5.74, 6) is 0. The van der Waals surface area contributed by atoms with E-state index in [0.717, 1.165) is 30.7 Å². The molecule has 0 aliphatic rings. The summed E-state index contributed by atoms with van der Waals surface area (Å²) >= 11 is 0. The summed E-state index contributed by atoms with van der Waals surface area (Å²) in [6.07, 6.45) is 2.04. The van der Waals surface area contributed by atoms with Gasteiger partial charge in [0.05, 0.1) is 19.6 Å². The lowest BCUT2D eigenvalue weighted by Gasteiger charge is -2.36. The second-order valence-corrected chi connectivity index (χ2v) is 4.09. The van der Waals surface area contributed by atoms with Gasteiger partial charge >= 0.3 is 0 Å². The monoisotopic (exact) mass is 283 g/mol. The quantitative estimate of drug-likeness (QED) is 0.518. The van der Waals surface area contributed by atoms with Gasteiger partial charge in [-0.2, -0.15) is 0 Å². The Kier molecular flexibility index (Phi) is 7.35. The third-order valence-corrected chi connectivity index (χ3v) is 3.22. The van der Waals surface area contributed by atoms with Crippen LogP contribution in [0.1, 0.15) is 19.4 Å². The molecule has 0 aromatic heterocycles. The van der Waals surface area contributed by atoms with Gasteiger partial charge in [-0.25, -0.2) is 0 Å². The Morgan fingerprint density at radius 2 is 1.69 bits per heavy atom. The first-order valence-electron chi connectivity index (χ1n) is 5.76. The highest BCUT2D eigenvalue weighted by atomic mass is 79.9. The summed E-state index contributed by atoms with van der Waals surface area (Å²) in [6.45, 7) is 12.9. The molecule has 0 atom stereocenters. The van der Waals surface area contributed by atoms with E-state index in [2.05, 4.69) is 50.8 Å². The van der Waals surface area contributed by atoms with Crippen molar-refractivity contribution in [2.24, 2.45) is 0 Å².